The molecule has 3 heteroatoms. The van der Waals surface area contributed by atoms with E-state index in [1.165, 1.54) is 0 Å². The van der Waals surface area contributed by atoms with Gasteiger partial charge in [0.05, 0.1) is 7.11 Å². The molecule has 1 aliphatic carbocycles. The van der Waals surface area contributed by atoms with E-state index >= 15 is 0 Å². The van der Waals surface area contributed by atoms with Crippen LogP contribution in [0.25, 0.3) is 0 Å². The third kappa shape index (κ3) is 3.24. The molecule has 1 fully saturated rings. The zero-order chi connectivity index (χ0) is 14.7. The lowest BCUT2D eigenvalue weighted by atomic mass is 10.1. The average Bonchev–Trinajstić information content (AvgIpc) is 3.38. The Hall–Kier alpha value is -2.29. The largest absolute Gasteiger partial charge is 0.497 e. The van der Waals surface area contributed by atoms with Gasteiger partial charge in [-0.1, -0.05) is 30.3 Å². The van der Waals surface area contributed by atoms with E-state index in [1.807, 2.05) is 59.5 Å². The van der Waals surface area contributed by atoms with Crippen molar-refractivity contribution >= 4 is 5.91 Å². The van der Waals surface area contributed by atoms with Crippen molar-refractivity contribution in [2.45, 2.75) is 25.4 Å². The van der Waals surface area contributed by atoms with E-state index in [-0.39, 0.29) is 5.91 Å². The van der Waals surface area contributed by atoms with Crippen LogP contribution in [0.1, 0.15) is 28.8 Å². The van der Waals surface area contributed by atoms with E-state index in [0.29, 0.717) is 12.6 Å². The number of rotatable bonds is 5. The number of benzene rings is 2. The van der Waals surface area contributed by atoms with Gasteiger partial charge < -0.3 is 9.64 Å². The van der Waals surface area contributed by atoms with Gasteiger partial charge in [-0.25, -0.2) is 0 Å². The fourth-order valence-corrected chi connectivity index (χ4v) is 2.43. The highest BCUT2D eigenvalue weighted by Crippen LogP contribution is 2.30. The van der Waals surface area contributed by atoms with Gasteiger partial charge >= 0.3 is 0 Å². The summed E-state index contributed by atoms with van der Waals surface area (Å²) in [5.74, 6) is 0.958. The summed E-state index contributed by atoms with van der Waals surface area (Å²) in [5, 5.41) is 0. The Bertz CT molecular complexity index is 603. The van der Waals surface area contributed by atoms with Crippen molar-refractivity contribution in [2.75, 3.05) is 7.11 Å². The molecule has 0 saturated heterocycles. The van der Waals surface area contributed by atoms with Gasteiger partial charge in [-0.05, 0) is 42.7 Å². The van der Waals surface area contributed by atoms with Crippen LogP contribution >= 0.6 is 0 Å². The topological polar surface area (TPSA) is 29.5 Å². The number of carbonyl (C=O) groups excluding carboxylic acids is 1. The van der Waals surface area contributed by atoms with Gasteiger partial charge in [-0.2, -0.15) is 0 Å². The highest BCUT2D eigenvalue weighted by atomic mass is 16.5. The zero-order valence-electron chi connectivity index (χ0n) is 12.2. The first-order valence-corrected chi connectivity index (χ1v) is 7.27. The Morgan fingerprint density at radius 1 is 1.10 bits per heavy atom. The summed E-state index contributed by atoms with van der Waals surface area (Å²) in [6, 6.07) is 17.8. The van der Waals surface area contributed by atoms with Crippen molar-refractivity contribution in [3.63, 3.8) is 0 Å². The van der Waals surface area contributed by atoms with Crippen LogP contribution in [-0.2, 0) is 6.54 Å². The SMILES string of the molecule is COc1ccc(CN(C(=O)c2ccccc2)C2CC2)cc1. The van der Waals surface area contributed by atoms with Gasteiger partial charge in [-0.15, -0.1) is 0 Å². The van der Waals surface area contributed by atoms with Gasteiger partial charge in [0, 0.05) is 18.2 Å². The summed E-state index contributed by atoms with van der Waals surface area (Å²) < 4.78 is 5.17. The van der Waals surface area contributed by atoms with E-state index < -0.39 is 0 Å². The Morgan fingerprint density at radius 2 is 1.76 bits per heavy atom. The molecular weight excluding hydrogens is 262 g/mol. The molecule has 1 aliphatic rings. The maximum absolute atomic E-state index is 12.7. The van der Waals surface area contributed by atoms with Crippen LogP contribution in [0.3, 0.4) is 0 Å². The standard InChI is InChI=1S/C18H19NO2/c1-21-17-11-7-14(8-12-17)13-19(16-9-10-16)18(20)15-5-3-2-4-6-15/h2-8,11-12,16H,9-10,13H2,1H3. The van der Waals surface area contributed by atoms with Gasteiger partial charge in [0.25, 0.3) is 5.91 Å². The predicted molar refractivity (Wildman–Crippen MR) is 82.3 cm³/mol. The molecule has 0 aromatic heterocycles. The van der Waals surface area contributed by atoms with E-state index in [1.54, 1.807) is 7.11 Å². The summed E-state index contributed by atoms with van der Waals surface area (Å²) in [7, 11) is 1.66. The lowest BCUT2D eigenvalue weighted by Gasteiger charge is -2.22. The van der Waals surface area contributed by atoms with E-state index in [2.05, 4.69) is 0 Å². The first-order chi connectivity index (χ1) is 10.3. The molecule has 108 valence electrons. The summed E-state index contributed by atoms with van der Waals surface area (Å²) in [6.07, 6.45) is 2.21. The van der Waals surface area contributed by atoms with Gasteiger partial charge in [0.2, 0.25) is 0 Å². The number of amides is 1. The van der Waals surface area contributed by atoms with Crippen molar-refractivity contribution in [3.8, 4) is 5.75 Å². The van der Waals surface area contributed by atoms with E-state index in [0.717, 1.165) is 29.7 Å². The second-order valence-corrected chi connectivity index (χ2v) is 5.38. The molecule has 0 heterocycles. The summed E-state index contributed by atoms with van der Waals surface area (Å²) >= 11 is 0. The molecule has 2 aromatic carbocycles. The molecule has 1 amide bonds. The van der Waals surface area contributed by atoms with Gasteiger partial charge in [0.15, 0.2) is 0 Å². The molecule has 3 rings (SSSR count). The highest BCUT2D eigenvalue weighted by Gasteiger charge is 2.32. The number of ether oxygens (including phenoxy) is 1. The first-order valence-electron chi connectivity index (χ1n) is 7.27. The summed E-state index contributed by atoms with van der Waals surface area (Å²) in [6.45, 7) is 0.655. The number of hydrogen-bond donors (Lipinski definition) is 0. The third-order valence-corrected chi connectivity index (χ3v) is 3.78. The number of carbonyl (C=O) groups is 1. The van der Waals surface area contributed by atoms with Gasteiger partial charge in [-0.3, -0.25) is 4.79 Å². The Balaban J connectivity index is 1.77. The van der Waals surface area contributed by atoms with Crippen LogP contribution in [0.2, 0.25) is 0 Å². The fraction of sp³-hybridized carbons (Fsp3) is 0.278. The Kier molecular flexibility index (Phi) is 3.91. The van der Waals surface area contributed by atoms with E-state index in [4.69, 9.17) is 4.74 Å². The van der Waals surface area contributed by atoms with Crippen molar-refractivity contribution in [1.29, 1.82) is 0 Å². The van der Waals surface area contributed by atoms with Crippen LogP contribution in [0.4, 0.5) is 0 Å². The van der Waals surface area contributed by atoms with Crippen LogP contribution in [0.15, 0.2) is 54.6 Å². The Labute approximate surface area is 125 Å². The van der Waals surface area contributed by atoms with Crippen molar-refractivity contribution in [2.24, 2.45) is 0 Å². The maximum Gasteiger partial charge on any atom is 0.254 e. The molecule has 2 aromatic rings. The maximum atomic E-state index is 12.7. The monoisotopic (exact) mass is 281 g/mol. The number of methoxy groups -OCH3 is 1. The van der Waals surface area contributed by atoms with Gasteiger partial charge in [0.1, 0.15) is 5.75 Å². The van der Waals surface area contributed by atoms with Crippen molar-refractivity contribution in [1.82, 2.24) is 4.90 Å². The Morgan fingerprint density at radius 3 is 2.33 bits per heavy atom. The van der Waals surface area contributed by atoms with Crippen LogP contribution in [0, 0.1) is 0 Å². The lowest BCUT2D eigenvalue weighted by molar-refractivity contribution is 0.0730. The summed E-state index contributed by atoms with van der Waals surface area (Å²) in [4.78, 5) is 14.6. The van der Waals surface area contributed by atoms with Crippen molar-refractivity contribution in [3.05, 3.63) is 65.7 Å². The minimum absolute atomic E-state index is 0.119. The molecule has 0 atom stereocenters. The second-order valence-electron chi connectivity index (χ2n) is 5.38. The minimum atomic E-state index is 0.119. The quantitative estimate of drug-likeness (QED) is 0.839. The fourth-order valence-electron chi connectivity index (χ4n) is 2.43. The predicted octanol–water partition coefficient (Wildman–Crippen LogP) is 3.50. The molecule has 0 spiro atoms. The normalized spacial score (nSPS) is 13.8. The van der Waals surface area contributed by atoms with E-state index in [9.17, 15) is 4.79 Å². The molecule has 0 N–H and O–H groups in total. The smallest absolute Gasteiger partial charge is 0.254 e. The van der Waals surface area contributed by atoms with Crippen LogP contribution in [0.5, 0.6) is 5.75 Å². The molecule has 0 radical (unpaired) electrons. The zero-order valence-corrected chi connectivity index (χ0v) is 12.2. The number of hydrogen-bond acceptors (Lipinski definition) is 2. The molecule has 1 saturated carbocycles. The lowest BCUT2D eigenvalue weighted by Crippen LogP contribution is -2.32. The number of nitrogens with zero attached hydrogens (tertiary/aromatic N) is 1. The first kappa shape index (κ1) is 13.7. The highest BCUT2D eigenvalue weighted by molar-refractivity contribution is 5.94. The molecule has 21 heavy (non-hydrogen) atoms. The molecule has 0 unspecified atom stereocenters. The van der Waals surface area contributed by atoms with Crippen LogP contribution in [-0.4, -0.2) is 24.0 Å². The van der Waals surface area contributed by atoms with Crippen LogP contribution < -0.4 is 4.74 Å². The average molecular weight is 281 g/mol. The molecule has 0 aliphatic heterocycles. The molecule has 0 bridgehead atoms. The van der Waals surface area contributed by atoms with Crippen molar-refractivity contribution < 1.29 is 9.53 Å². The molecular formula is C18H19NO2. The third-order valence-electron chi connectivity index (χ3n) is 3.78. The molecule has 3 nitrogen and oxygen atoms in total. The minimum Gasteiger partial charge on any atom is -0.497 e. The summed E-state index contributed by atoms with van der Waals surface area (Å²) in [5.41, 5.74) is 1.89. The second kappa shape index (κ2) is 6.00.